The molecule has 0 radical (unpaired) electrons. The van der Waals surface area contributed by atoms with Crippen LogP contribution in [0.2, 0.25) is 0 Å². The van der Waals surface area contributed by atoms with E-state index in [-0.39, 0.29) is 11.9 Å². The van der Waals surface area contributed by atoms with Gasteiger partial charge < -0.3 is 14.7 Å². The van der Waals surface area contributed by atoms with Crippen LogP contribution in [0.15, 0.2) is 36.4 Å². The Bertz CT molecular complexity index is 815. The number of hydrogen-bond acceptors (Lipinski definition) is 5. The molecule has 4 rings (SSSR count). The summed E-state index contributed by atoms with van der Waals surface area (Å²) in [6.07, 6.45) is 1.73. The van der Waals surface area contributed by atoms with E-state index in [1.165, 1.54) is 5.56 Å². The van der Waals surface area contributed by atoms with Gasteiger partial charge >= 0.3 is 0 Å². The van der Waals surface area contributed by atoms with Crippen LogP contribution in [0.5, 0.6) is 0 Å². The lowest BCUT2D eigenvalue weighted by molar-refractivity contribution is -0.118. The van der Waals surface area contributed by atoms with Crippen molar-refractivity contribution in [3.8, 4) is 0 Å². The maximum atomic E-state index is 13.0. The summed E-state index contributed by atoms with van der Waals surface area (Å²) < 4.78 is 0. The number of amides is 2. The van der Waals surface area contributed by atoms with Gasteiger partial charge in [0.25, 0.3) is 5.91 Å². The first-order valence-electron chi connectivity index (χ1n) is 8.87. The third-order valence-corrected chi connectivity index (χ3v) is 5.08. The topological polar surface area (TPSA) is 69.6 Å². The maximum absolute atomic E-state index is 13.0. The van der Waals surface area contributed by atoms with E-state index >= 15 is 0 Å². The highest BCUT2D eigenvalue weighted by Crippen LogP contribution is 2.32. The van der Waals surface area contributed by atoms with Gasteiger partial charge in [-0.15, -0.1) is 10.2 Å². The highest BCUT2D eigenvalue weighted by molar-refractivity contribution is 6.06. The molecule has 2 amide bonds. The molecule has 134 valence electrons. The molecule has 2 aliphatic rings. The molecule has 0 N–H and O–H groups in total. The maximum Gasteiger partial charge on any atom is 0.279 e. The Kier molecular flexibility index (Phi) is 4.28. The van der Waals surface area contributed by atoms with E-state index in [0.717, 1.165) is 37.4 Å². The van der Waals surface area contributed by atoms with Gasteiger partial charge in [0.05, 0.1) is 0 Å². The number of hydrogen-bond donors (Lipinski definition) is 0. The number of benzene rings is 1. The van der Waals surface area contributed by atoms with Gasteiger partial charge in [0.15, 0.2) is 11.5 Å². The minimum absolute atomic E-state index is 0.109. The zero-order valence-electron chi connectivity index (χ0n) is 14.7. The summed E-state index contributed by atoms with van der Waals surface area (Å²) in [5, 5.41) is 8.43. The van der Waals surface area contributed by atoms with E-state index in [0.29, 0.717) is 18.8 Å². The molecule has 7 heteroatoms. The Hall–Kier alpha value is -2.96. The van der Waals surface area contributed by atoms with E-state index in [1.54, 1.807) is 11.0 Å². The highest BCUT2D eigenvalue weighted by Gasteiger charge is 2.32. The second-order valence-electron chi connectivity index (χ2n) is 6.76. The van der Waals surface area contributed by atoms with Crippen molar-refractivity contribution in [2.24, 2.45) is 0 Å². The molecular weight excluding hydrogens is 330 g/mol. The van der Waals surface area contributed by atoms with Crippen LogP contribution in [0.4, 0.5) is 11.5 Å². The molecule has 7 nitrogen and oxygen atoms in total. The Morgan fingerprint density at radius 2 is 1.85 bits per heavy atom. The monoisotopic (exact) mass is 351 g/mol. The largest absolute Gasteiger partial charge is 0.352 e. The lowest BCUT2D eigenvalue weighted by atomic mass is 10.1. The van der Waals surface area contributed by atoms with Gasteiger partial charge in [0.1, 0.15) is 0 Å². The second-order valence-corrected chi connectivity index (χ2v) is 6.76. The molecule has 3 heterocycles. The summed E-state index contributed by atoms with van der Waals surface area (Å²) in [5.74, 6) is 0.620. The number of carbonyl (C=O) groups excluding carboxylic acids is 2. The van der Waals surface area contributed by atoms with E-state index in [9.17, 15) is 9.59 Å². The molecule has 1 unspecified atom stereocenters. The van der Waals surface area contributed by atoms with Crippen LogP contribution in [0.3, 0.4) is 0 Å². The standard InChI is InChI=1S/C19H21N5O2/c1-14-12-15-4-2-3-5-17(15)24(14)19(26)16-6-7-18(21-20-16)23-10-8-22(13-25)9-11-23/h2-7,13-14H,8-12H2,1H3. The Morgan fingerprint density at radius 1 is 1.08 bits per heavy atom. The number of carbonyl (C=O) groups is 2. The van der Waals surface area contributed by atoms with Crippen molar-refractivity contribution in [2.75, 3.05) is 36.0 Å². The van der Waals surface area contributed by atoms with Gasteiger partial charge in [-0.1, -0.05) is 18.2 Å². The predicted octanol–water partition coefficient (Wildman–Crippen LogP) is 1.35. The minimum Gasteiger partial charge on any atom is -0.352 e. The summed E-state index contributed by atoms with van der Waals surface area (Å²) in [7, 11) is 0. The molecule has 26 heavy (non-hydrogen) atoms. The van der Waals surface area contributed by atoms with Crippen LogP contribution in [0, 0.1) is 0 Å². The zero-order valence-corrected chi connectivity index (χ0v) is 14.7. The molecule has 2 aromatic rings. The fourth-order valence-electron chi connectivity index (χ4n) is 3.66. The number of nitrogens with zero attached hydrogens (tertiary/aromatic N) is 5. The van der Waals surface area contributed by atoms with E-state index in [4.69, 9.17) is 0 Å². The molecule has 0 saturated carbocycles. The third-order valence-electron chi connectivity index (χ3n) is 5.08. The molecule has 1 aromatic heterocycles. The summed E-state index contributed by atoms with van der Waals surface area (Å²) in [6, 6.07) is 11.7. The van der Waals surface area contributed by atoms with E-state index in [2.05, 4.69) is 21.2 Å². The third kappa shape index (κ3) is 2.89. The van der Waals surface area contributed by atoms with Crippen molar-refractivity contribution in [3.05, 3.63) is 47.7 Å². The fourth-order valence-corrected chi connectivity index (χ4v) is 3.66. The summed E-state index contributed by atoms with van der Waals surface area (Å²) >= 11 is 0. The predicted molar refractivity (Wildman–Crippen MR) is 98.3 cm³/mol. The lowest BCUT2D eigenvalue weighted by Crippen LogP contribution is -2.46. The van der Waals surface area contributed by atoms with Crippen molar-refractivity contribution in [1.29, 1.82) is 0 Å². The quantitative estimate of drug-likeness (QED) is 0.781. The van der Waals surface area contributed by atoms with Crippen LogP contribution in [-0.2, 0) is 11.2 Å². The number of para-hydroxylation sites is 1. The molecule has 1 aromatic carbocycles. The van der Waals surface area contributed by atoms with Gasteiger partial charge in [-0.05, 0) is 37.1 Å². The average molecular weight is 351 g/mol. The van der Waals surface area contributed by atoms with Crippen molar-refractivity contribution in [3.63, 3.8) is 0 Å². The molecule has 0 aliphatic carbocycles. The summed E-state index contributed by atoms with van der Waals surface area (Å²) in [5.41, 5.74) is 2.50. The normalized spacial score (nSPS) is 19.4. The Morgan fingerprint density at radius 3 is 2.54 bits per heavy atom. The number of piperazine rings is 1. The highest BCUT2D eigenvalue weighted by atomic mass is 16.2. The number of anilines is 2. The van der Waals surface area contributed by atoms with Crippen molar-refractivity contribution >= 4 is 23.8 Å². The van der Waals surface area contributed by atoms with Crippen LogP contribution >= 0.6 is 0 Å². The van der Waals surface area contributed by atoms with Crippen LogP contribution in [0.25, 0.3) is 0 Å². The number of fused-ring (bicyclic) bond motifs is 1. The summed E-state index contributed by atoms with van der Waals surface area (Å²) in [6.45, 7) is 4.84. The first-order valence-corrected chi connectivity index (χ1v) is 8.87. The second kappa shape index (κ2) is 6.74. The van der Waals surface area contributed by atoms with E-state index < -0.39 is 0 Å². The number of rotatable bonds is 3. The first kappa shape index (κ1) is 16.5. The zero-order chi connectivity index (χ0) is 18.1. The molecule has 1 fully saturated rings. The molecular formula is C19H21N5O2. The Balaban J connectivity index is 1.50. The SMILES string of the molecule is CC1Cc2ccccc2N1C(=O)c1ccc(N2CCN(C=O)CC2)nn1. The number of aromatic nitrogens is 2. The van der Waals surface area contributed by atoms with E-state index in [1.807, 2.05) is 36.1 Å². The summed E-state index contributed by atoms with van der Waals surface area (Å²) in [4.78, 5) is 29.4. The lowest BCUT2D eigenvalue weighted by Gasteiger charge is -2.33. The molecule has 1 atom stereocenters. The van der Waals surface area contributed by atoms with Crippen LogP contribution in [0.1, 0.15) is 23.0 Å². The minimum atomic E-state index is -0.118. The smallest absolute Gasteiger partial charge is 0.279 e. The Labute approximate surface area is 152 Å². The molecule has 1 saturated heterocycles. The fraction of sp³-hybridized carbons (Fsp3) is 0.368. The van der Waals surface area contributed by atoms with Gasteiger partial charge in [-0.25, -0.2) is 0 Å². The van der Waals surface area contributed by atoms with Crippen molar-refractivity contribution < 1.29 is 9.59 Å². The van der Waals surface area contributed by atoms with Gasteiger partial charge in [-0.3, -0.25) is 9.59 Å². The average Bonchev–Trinajstić information content (AvgIpc) is 3.03. The molecule has 2 aliphatic heterocycles. The van der Waals surface area contributed by atoms with Gasteiger partial charge in [0, 0.05) is 37.9 Å². The van der Waals surface area contributed by atoms with Crippen LogP contribution in [-0.4, -0.2) is 59.6 Å². The molecule has 0 bridgehead atoms. The van der Waals surface area contributed by atoms with Gasteiger partial charge in [-0.2, -0.15) is 0 Å². The van der Waals surface area contributed by atoms with Crippen molar-refractivity contribution in [1.82, 2.24) is 15.1 Å². The van der Waals surface area contributed by atoms with Gasteiger partial charge in [0.2, 0.25) is 6.41 Å². The van der Waals surface area contributed by atoms with Crippen molar-refractivity contribution in [2.45, 2.75) is 19.4 Å². The molecule has 0 spiro atoms. The first-order chi connectivity index (χ1) is 12.7. The van der Waals surface area contributed by atoms with Crippen LogP contribution < -0.4 is 9.80 Å².